The first-order chi connectivity index (χ1) is 10.1. The molecule has 1 aliphatic heterocycles. The number of nitrogens with one attached hydrogen (secondary N) is 1. The summed E-state index contributed by atoms with van der Waals surface area (Å²) < 4.78 is 13.7. The second-order valence-electron chi connectivity index (χ2n) is 5.03. The van der Waals surface area contributed by atoms with E-state index in [-0.39, 0.29) is 18.2 Å². The Morgan fingerprint density at radius 2 is 2.00 bits per heavy atom. The first-order valence-corrected chi connectivity index (χ1v) is 6.73. The molecule has 1 N–H and O–H groups in total. The second kappa shape index (κ2) is 5.34. The Balaban J connectivity index is 1.86. The summed E-state index contributed by atoms with van der Waals surface area (Å²) in [5.74, 6) is -0.241. The molecular formula is C14H17N3O4. The summed E-state index contributed by atoms with van der Waals surface area (Å²) in [6.45, 7) is 1.20. The van der Waals surface area contributed by atoms with Gasteiger partial charge in [0.2, 0.25) is 0 Å². The van der Waals surface area contributed by atoms with Crippen LogP contribution >= 0.6 is 0 Å². The highest BCUT2D eigenvalue weighted by atomic mass is 16.6. The lowest BCUT2D eigenvalue weighted by Gasteiger charge is -2.22. The average Bonchev–Trinajstić information content (AvgIpc) is 2.73. The normalized spacial score (nSPS) is 18.9. The topological polar surface area (TPSA) is 74.5 Å². The number of fused-ring (bicyclic) bond motifs is 1. The Labute approximate surface area is 121 Å². The predicted octanol–water partition coefficient (Wildman–Crippen LogP) is 0.231. The van der Waals surface area contributed by atoms with Gasteiger partial charge in [0, 0.05) is 19.8 Å². The molecule has 1 unspecified atom stereocenters. The minimum Gasteiger partial charge on any atom is -0.376 e. The van der Waals surface area contributed by atoms with Crippen LogP contribution in [0.5, 0.6) is 0 Å². The van der Waals surface area contributed by atoms with E-state index in [0.29, 0.717) is 18.9 Å². The van der Waals surface area contributed by atoms with Gasteiger partial charge in [-0.15, -0.1) is 0 Å². The molecule has 112 valence electrons. The van der Waals surface area contributed by atoms with Gasteiger partial charge in [-0.3, -0.25) is 13.9 Å². The van der Waals surface area contributed by atoms with Gasteiger partial charge in [-0.1, -0.05) is 0 Å². The molecule has 0 bridgehead atoms. The maximum absolute atomic E-state index is 12.1. The molecule has 1 saturated heterocycles. The maximum atomic E-state index is 12.1. The van der Waals surface area contributed by atoms with Gasteiger partial charge in [-0.25, -0.2) is 4.79 Å². The Bertz CT molecular complexity index is 740. The molecule has 1 atom stereocenters. The summed E-state index contributed by atoms with van der Waals surface area (Å²) >= 11 is 0. The molecule has 2 aromatic rings. The Kier molecular flexibility index (Phi) is 3.52. The lowest BCUT2D eigenvalue weighted by molar-refractivity contribution is -0.142. The van der Waals surface area contributed by atoms with Gasteiger partial charge in [0.1, 0.15) is 0 Å². The summed E-state index contributed by atoms with van der Waals surface area (Å²) in [5.41, 5.74) is 2.11. The van der Waals surface area contributed by atoms with E-state index in [1.54, 1.807) is 35.4 Å². The first kappa shape index (κ1) is 13.8. The number of aromatic nitrogens is 2. The van der Waals surface area contributed by atoms with Crippen LogP contribution < -0.4 is 11.0 Å². The van der Waals surface area contributed by atoms with Crippen molar-refractivity contribution in [1.29, 1.82) is 0 Å². The number of rotatable bonds is 2. The second-order valence-corrected chi connectivity index (χ2v) is 5.03. The maximum Gasteiger partial charge on any atom is 0.328 e. The molecule has 1 aromatic carbocycles. The smallest absolute Gasteiger partial charge is 0.328 e. The molecule has 0 aliphatic carbocycles. The molecule has 3 rings (SSSR count). The zero-order chi connectivity index (χ0) is 15.0. The number of carbonyl (C=O) groups is 1. The van der Waals surface area contributed by atoms with Crippen LogP contribution in [-0.4, -0.2) is 41.0 Å². The monoisotopic (exact) mass is 291 g/mol. The van der Waals surface area contributed by atoms with Gasteiger partial charge < -0.3 is 14.8 Å². The average molecular weight is 291 g/mol. The van der Waals surface area contributed by atoms with Gasteiger partial charge in [-0.05, 0) is 18.2 Å². The van der Waals surface area contributed by atoms with Crippen molar-refractivity contribution in [3.8, 4) is 0 Å². The summed E-state index contributed by atoms with van der Waals surface area (Å²) in [4.78, 5) is 23.9. The lowest BCUT2D eigenvalue weighted by atomic mass is 10.2. The van der Waals surface area contributed by atoms with Crippen molar-refractivity contribution in [2.45, 2.75) is 6.10 Å². The van der Waals surface area contributed by atoms with Gasteiger partial charge in [0.15, 0.2) is 6.10 Å². The molecule has 1 aliphatic rings. The molecule has 21 heavy (non-hydrogen) atoms. The number of aryl methyl sites for hydroxylation is 2. The summed E-state index contributed by atoms with van der Waals surface area (Å²) in [5, 5.41) is 2.79. The van der Waals surface area contributed by atoms with Crippen molar-refractivity contribution < 1.29 is 14.3 Å². The predicted molar refractivity (Wildman–Crippen MR) is 77.3 cm³/mol. The quantitative estimate of drug-likeness (QED) is 0.859. The van der Waals surface area contributed by atoms with Crippen molar-refractivity contribution in [2.75, 3.05) is 25.1 Å². The fourth-order valence-electron chi connectivity index (χ4n) is 2.45. The van der Waals surface area contributed by atoms with Crippen molar-refractivity contribution in [2.24, 2.45) is 14.1 Å². The van der Waals surface area contributed by atoms with E-state index in [2.05, 4.69) is 5.32 Å². The number of ether oxygens (including phenoxy) is 2. The minimum absolute atomic E-state index is 0.0995. The largest absolute Gasteiger partial charge is 0.376 e. The summed E-state index contributed by atoms with van der Waals surface area (Å²) in [6.07, 6.45) is -0.589. The SMILES string of the molecule is Cn1c(=O)n(C)c2cc(NC(=O)C3COCCO3)ccc21. The van der Waals surface area contributed by atoms with E-state index >= 15 is 0 Å². The van der Waals surface area contributed by atoms with Crippen LogP contribution in [0.1, 0.15) is 0 Å². The summed E-state index contributed by atoms with van der Waals surface area (Å²) in [7, 11) is 3.42. The van der Waals surface area contributed by atoms with Gasteiger partial charge in [-0.2, -0.15) is 0 Å². The highest BCUT2D eigenvalue weighted by Gasteiger charge is 2.22. The van der Waals surface area contributed by atoms with Crippen molar-refractivity contribution in [3.05, 3.63) is 28.7 Å². The van der Waals surface area contributed by atoms with Crippen molar-refractivity contribution in [1.82, 2.24) is 9.13 Å². The molecular weight excluding hydrogens is 274 g/mol. The van der Waals surface area contributed by atoms with E-state index in [9.17, 15) is 9.59 Å². The molecule has 7 heteroatoms. The highest BCUT2D eigenvalue weighted by molar-refractivity contribution is 5.96. The zero-order valence-electron chi connectivity index (χ0n) is 12.0. The van der Waals surface area contributed by atoms with E-state index in [1.807, 2.05) is 6.07 Å². The number of anilines is 1. The van der Waals surface area contributed by atoms with Crippen LogP contribution in [0.4, 0.5) is 5.69 Å². The Morgan fingerprint density at radius 1 is 1.24 bits per heavy atom. The molecule has 1 aromatic heterocycles. The first-order valence-electron chi connectivity index (χ1n) is 6.73. The lowest BCUT2D eigenvalue weighted by Crippen LogP contribution is -2.39. The molecule has 7 nitrogen and oxygen atoms in total. The van der Waals surface area contributed by atoms with E-state index in [1.165, 1.54) is 0 Å². The van der Waals surface area contributed by atoms with Crippen LogP contribution in [-0.2, 0) is 28.4 Å². The summed E-state index contributed by atoms with van der Waals surface area (Å²) in [6, 6.07) is 5.35. The van der Waals surface area contributed by atoms with Crippen LogP contribution in [0.25, 0.3) is 11.0 Å². The number of imidazole rings is 1. The van der Waals surface area contributed by atoms with Crippen LogP contribution in [0.2, 0.25) is 0 Å². The van der Waals surface area contributed by atoms with Crippen molar-refractivity contribution >= 4 is 22.6 Å². The minimum atomic E-state index is -0.589. The van der Waals surface area contributed by atoms with Gasteiger partial charge in [0.25, 0.3) is 5.91 Å². The van der Waals surface area contributed by atoms with Crippen LogP contribution in [0.3, 0.4) is 0 Å². The fourth-order valence-corrected chi connectivity index (χ4v) is 2.45. The number of hydrogen-bond donors (Lipinski definition) is 1. The molecule has 0 saturated carbocycles. The standard InChI is InChI=1S/C14H17N3O4/c1-16-10-4-3-9(7-11(10)17(2)14(16)19)15-13(18)12-8-20-5-6-21-12/h3-4,7,12H,5-6,8H2,1-2H3,(H,15,18). The number of hydrogen-bond acceptors (Lipinski definition) is 4. The number of benzene rings is 1. The third-order valence-corrected chi connectivity index (χ3v) is 3.65. The van der Waals surface area contributed by atoms with E-state index < -0.39 is 6.10 Å². The molecule has 0 radical (unpaired) electrons. The number of carbonyl (C=O) groups excluding carboxylic acids is 1. The Hall–Kier alpha value is -2.12. The van der Waals surface area contributed by atoms with Crippen LogP contribution in [0, 0.1) is 0 Å². The van der Waals surface area contributed by atoms with E-state index in [0.717, 1.165) is 11.0 Å². The number of nitrogens with zero attached hydrogens (tertiary/aromatic N) is 2. The Morgan fingerprint density at radius 3 is 2.71 bits per heavy atom. The molecule has 2 heterocycles. The van der Waals surface area contributed by atoms with Crippen LogP contribution in [0.15, 0.2) is 23.0 Å². The third kappa shape index (κ3) is 2.45. The van der Waals surface area contributed by atoms with Gasteiger partial charge in [0.05, 0.1) is 30.9 Å². The van der Waals surface area contributed by atoms with Gasteiger partial charge >= 0.3 is 5.69 Å². The van der Waals surface area contributed by atoms with E-state index in [4.69, 9.17) is 9.47 Å². The van der Waals surface area contributed by atoms with Crippen molar-refractivity contribution in [3.63, 3.8) is 0 Å². The highest BCUT2D eigenvalue weighted by Crippen LogP contribution is 2.18. The zero-order valence-corrected chi connectivity index (χ0v) is 12.0. The molecule has 1 fully saturated rings. The molecule has 1 amide bonds. The molecule has 0 spiro atoms. The fraction of sp³-hybridized carbons (Fsp3) is 0.429. The number of amides is 1. The third-order valence-electron chi connectivity index (χ3n) is 3.65.